The summed E-state index contributed by atoms with van der Waals surface area (Å²) in [5, 5.41) is 3.45. The summed E-state index contributed by atoms with van der Waals surface area (Å²) in [4.78, 5) is 11.5. The van der Waals surface area contributed by atoms with Crippen molar-refractivity contribution in [1.82, 2.24) is 15.0 Å². The third-order valence-corrected chi connectivity index (χ3v) is 4.77. The van der Waals surface area contributed by atoms with Crippen molar-refractivity contribution in [3.8, 4) is 11.3 Å². The topological polar surface area (TPSA) is 50.7 Å². The van der Waals surface area contributed by atoms with Crippen LogP contribution in [-0.2, 0) is 12.4 Å². The third kappa shape index (κ3) is 4.34. The molecule has 2 heterocycles. The molecule has 0 atom stereocenters. The number of aromatic nitrogens is 3. The molecule has 0 aliphatic carbocycles. The molecule has 2 aromatic carbocycles. The van der Waals surface area contributed by atoms with E-state index in [-0.39, 0.29) is 17.2 Å². The lowest BCUT2D eigenvalue weighted by atomic mass is 10.0. The molecule has 4 nitrogen and oxygen atoms in total. The second-order valence-corrected chi connectivity index (χ2v) is 6.97. The molecule has 1 N–H and O–H groups in total. The fourth-order valence-corrected chi connectivity index (χ4v) is 3.24. The van der Waals surface area contributed by atoms with Crippen molar-refractivity contribution in [2.24, 2.45) is 0 Å². The van der Waals surface area contributed by atoms with Crippen molar-refractivity contribution in [2.45, 2.75) is 19.3 Å². The Balaban J connectivity index is 1.78. The number of halogens is 6. The normalized spacial score (nSPS) is 12.2. The van der Waals surface area contributed by atoms with E-state index in [9.17, 15) is 26.3 Å². The van der Waals surface area contributed by atoms with Crippen LogP contribution in [0.4, 0.5) is 37.8 Å². The summed E-state index contributed by atoms with van der Waals surface area (Å²) < 4.78 is 78.6. The zero-order chi connectivity index (χ0) is 23.1. The maximum atomic E-state index is 13.4. The molecule has 0 spiro atoms. The first kappa shape index (κ1) is 21.5. The molecule has 32 heavy (non-hydrogen) atoms. The Bertz CT molecular complexity index is 1280. The van der Waals surface area contributed by atoms with Crippen LogP contribution in [0.5, 0.6) is 0 Å². The number of fused-ring (bicyclic) bond motifs is 1. The molecule has 2 aromatic heterocycles. The van der Waals surface area contributed by atoms with Crippen molar-refractivity contribution >= 4 is 22.4 Å². The predicted molar refractivity (Wildman–Crippen MR) is 107 cm³/mol. The second kappa shape index (κ2) is 7.77. The third-order valence-electron chi connectivity index (χ3n) is 4.77. The zero-order valence-electron chi connectivity index (χ0n) is 16.4. The summed E-state index contributed by atoms with van der Waals surface area (Å²) in [7, 11) is 0. The van der Waals surface area contributed by atoms with Crippen molar-refractivity contribution in [2.75, 3.05) is 5.32 Å². The van der Waals surface area contributed by atoms with Crippen molar-refractivity contribution in [1.29, 1.82) is 0 Å². The summed E-state index contributed by atoms with van der Waals surface area (Å²) in [6.45, 7) is 1.73. The fraction of sp³-hybridized carbons (Fsp3) is 0.136. The molecule has 0 saturated carbocycles. The average molecular weight is 448 g/mol. The minimum Gasteiger partial charge on any atom is -0.340 e. The van der Waals surface area contributed by atoms with Gasteiger partial charge in [-0.05, 0) is 42.8 Å². The lowest BCUT2D eigenvalue weighted by Crippen LogP contribution is -2.13. The van der Waals surface area contributed by atoms with Gasteiger partial charge in [0.15, 0.2) is 0 Å². The lowest BCUT2D eigenvalue weighted by molar-refractivity contribution is -0.144. The van der Waals surface area contributed by atoms with Gasteiger partial charge < -0.3 is 5.32 Å². The Kier molecular flexibility index (Phi) is 5.23. The molecule has 0 radical (unpaired) electrons. The van der Waals surface area contributed by atoms with E-state index in [2.05, 4.69) is 20.3 Å². The Morgan fingerprint density at radius 2 is 1.53 bits per heavy atom. The van der Waals surface area contributed by atoms with Crippen LogP contribution in [0, 0.1) is 6.92 Å². The van der Waals surface area contributed by atoms with Crippen LogP contribution < -0.4 is 5.32 Å². The average Bonchev–Trinajstić information content (AvgIpc) is 2.73. The number of aryl methyl sites for hydroxylation is 1. The number of rotatable bonds is 3. The Morgan fingerprint density at radius 1 is 0.812 bits per heavy atom. The molecule has 4 aromatic rings. The molecule has 0 bridgehead atoms. The molecular weight excluding hydrogens is 434 g/mol. The van der Waals surface area contributed by atoms with E-state index in [1.165, 1.54) is 6.07 Å². The number of pyridine rings is 1. The van der Waals surface area contributed by atoms with E-state index >= 15 is 0 Å². The fourth-order valence-electron chi connectivity index (χ4n) is 3.24. The zero-order valence-corrected chi connectivity index (χ0v) is 16.4. The van der Waals surface area contributed by atoms with Gasteiger partial charge in [-0.2, -0.15) is 26.3 Å². The van der Waals surface area contributed by atoms with E-state index in [1.807, 2.05) is 6.07 Å². The van der Waals surface area contributed by atoms with Crippen molar-refractivity contribution < 1.29 is 26.3 Å². The molecular formula is C22H14F6N4. The number of benzene rings is 2. The van der Waals surface area contributed by atoms with Gasteiger partial charge in [0.05, 0.1) is 16.8 Å². The molecule has 0 unspecified atom stereocenters. The van der Waals surface area contributed by atoms with Crippen LogP contribution in [0.1, 0.15) is 17.0 Å². The maximum absolute atomic E-state index is 13.4. The van der Waals surface area contributed by atoms with E-state index in [0.717, 1.165) is 29.7 Å². The number of hydrogen-bond acceptors (Lipinski definition) is 4. The highest BCUT2D eigenvalue weighted by Crippen LogP contribution is 2.34. The molecule has 0 fully saturated rings. The highest BCUT2D eigenvalue weighted by atomic mass is 19.4. The Labute approximate surface area is 178 Å². The second-order valence-electron chi connectivity index (χ2n) is 6.97. The lowest BCUT2D eigenvalue weighted by Gasteiger charge is -2.14. The molecule has 0 saturated heterocycles. The Hall–Kier alpha value is -3.69. The molecule has 0 aliphatic rings. The number of nitrogens with zero attached hydrogens (tertiary/aromatic N) is 3. The summed E-state index contributed by atoms with van der Waals surface area (Å²) in [6.07, 6.45) is -7.76. The largest absolute Gasteiger partial charge is 0.451 e. The van der Waals surface area contributed by atoms with Gasteiger partial charge in [0.2, 0.25) is 5.82 Å². The predicted octanol–water partition coefficient (Wildman–Crippen LogP) is 6.78. The van der Waals surface area contributed by atoms with Gasteiger partial charge in [-0.1, -0.05) is 18.2 Å². The molecule has 0 aliphatic heterocycles. The van der Waals surface area contributed by atoms with Crippen LogP contribution in [0.15, 0.2) is 60.8 Å². The van der Waals surface area contributed by atoms with Gasteiger partial charge in [0.1, 0.15) is 5.82 Å². The summed E-state index contributed by atoms with van der Waals surface area (Å²) in [5.41, 5.74) is 0.963. The van der Waals surface area contributed by atoms with Gasteiger partial charge in [0, 0.05) is 28.9 Å². The van der Waals surface area contributed by atoms with Crippen molar-refractivity contribution in [3.05, 3.63) is 77.7 Å². The number of anilines is 2. The van der Waals surface area contributed by atoms with Gasteiger partial charge >= 0.3 is 12.4 Å². The van der Waals surface area contributed by atoms with Gasteiger partial charge in [-0.3, -0.25) is 4.98 Å². The Morgan fingerprint density at radius 3 is 2.19 bits per heavy atom. The van der Waals surface area contributed by atoms with Crippen LogP contribution in [0.2, 0.25) is 0 Å². The first-order valence-corrected chi connectivity index (χ1v) is 9.27. The summed E-state index contributed by atoms with van der Waals surface area (Å²) in [5.74, 6) is -1.58. The standard InChI is InChI=1S/C22H14F6N4/c1-12-16(9-4-13-3-2-10-29-19(12)13)17-11-18(32-20(31-17)22(26,27)28)30-15-7-5-14(6-8-15)21(23,24)25/h2-11H,1H3,(H,30,31,32). The van der Waals surface area contributed by atoms with Gasteiger partial charge in [0.25, 0.3) is 0 Å². The molecule has 4 rings (SSSR count). The van der Waals surface area contributed by atoms with E-state index < -0.39 is 23.7 Å². The van der Waals surface area contributed by atoms with E-state index in [0.29, 0.717) is 16.6 Å². The molecule has 164 valence electrons. The SMILES string of the molecule is Cc1c(-c2cc(Nc3ccc(C(F)(F)F)cc3)nc(C(F)(F)F)n2)ccc2cccnc12. The monoisotopic (exact) mass is 448 g/mol. The van der Waals surface area contributed by atoms with Crippen LogP contribution in [-0.4, -0.2) is 15.0 Å². The van der Waals surface area contributed by atoms with Crippen LogP contribution in [0.25, 0.3) is 22.2 Å². The van der Waals surface area contributed by atoms with Gasteiger partial charge in [-0.25, -0.2) is 9.97 Å². The molecule has 10 heteroatoms. The van der Waals surface area contributed by atoms with Crippen molar-refractivity contribution in [3.63, 3.8) is 0 Å². The maximum Gasteiger partial charge on any atom is 0.451 e. The minimum absolute atomic E-state index is 0.00629. The quantitative estimate of drug-likeness (QED) is 0.351. The first-order valence-electron chi connectivity index (χ1n) is 9.27. The van der Waals surface area contributed by atoms with E-state index in [1.54, 1.807) is 31.3 Å². The van der Waals surface area contributed by atoms with Gasteiger partial charge in [-0.15, -0.1) is 0 Å². The van der Waals surface area contributed by atoms with E-state index in [4.69, 9.17) is 0 Å². The number of hydrogen-bond donors (Lipinski definition) is 1. The minimum atomic E-state index is -4.82. The number of alkyl halides is 6. The number of nitrogens with one attached hydrogen (secondary N) is 1. The smallest absolute Gasteiger partial charge is 0.340 e. The van der Waals surface area contributed by atoms with Crippen LogP contribution >= 0.6 is 0 Å². The summed E-state index contributed by atoms with van der Waals surface area (Å²) in [6, 6.07) is 12.1. The highest BCUT2D eigenvalue weighted by molar-refractivity contribution is 5.88. The molecule has 0 amide bonds. The highest BCUT2D eigenvalue weighted by Gasteiger charge is 2.36. The van der Waals surface area contributed by atoms with Crippen LogP contribution in [0.3, 0.4) is 0 Å². The summed E-state index contributed by atoms with van der Waals surface area (Å²) >= 11 is 0. The first-order chi connectivity index (χ1) is 15.0.